The Balaban J connectivity index is 1.66. The van der Waals surface area contributed by atoms with E-state index in [-0.39, 0.29) is 6.04 Å². The Hall–Kier alpha value is -3.35. The highest BCUT2D eigenvalue weighted by Crippen LogP contribution is 2.48. The number of fused-ring (bicyclic) bond motifs is 4. The molecule has 0 saturated heterocycles. The number of nitrogens with zero attached hydrogens (tertiary/aromatic N) is 4. The summed E-state index contributed by atoms with van der Waals surface area (Å²) in [7, 11) is 1.71. The quantitative estimate of drug-likeness (QED) is 0.279. The molecular weight excluding hydrogens is 512 g/mol. The fraction of sp³-hybridized carbons (Fsp3) is 0.111. The summed E-state index contributed by atoms with van der Waals surface area (Å²) < 4.78 is 8.72. The Kier molecular flexibility index (Phi) is 5.08. The van der Waals surface area contributed by atoms with Crippen molar-refractivity contribution in [2.45, 2.75) is 13.0 Å². The van der Waals surface area contributed by atoms with E-state index in [9.17, 15) is 0 Å². The van der Waals surface area contributed by atoms with E-state index in [4.69, 9.17) is 26.4 Å². The van der Waals surface area contributed by atoms with Crippen molar-refractivity contribution in [2.75, 3.05) is 12.0 Å². The predicted octanol–water partition coefficient (Wildman–Crippen LogP) is 7.27. The molecule has 34 heavy (non-hydrogen) atoms. The Labute approximate surface area is 211 Å². The third-order valence-electron chi connectivity index (χ3n) is 6.25. The van der Waals surface area contributed by atoms with Crippen LogP contribution in [0, 0.1) is 6.92 Å². The van der Waals surface area contributed by atoms with E-state index in [1.807, 2.05) is 48.0 Å². The fourth-order valence-corrected chi connectivity index (χ4v) is 5.25. The fourth-order valence-electron chi connectivity index (χ4n) is 4.75. The molecule has 6 rings (SSSR count). The van der Waals surface area contributed by atoms with Gasteiger partial charge in [-0.25, -0.2) is 9.67 Å². The van der Waals surface area contributed by atoms with Crippen LogP contribution in [0.4, 0.5) is 11.5 Å². The lowest BCUT2D eigenvalue weighted by atomic mass is 9.91. The summed E-state index contributed by atoms with van der Waals surface area (Å²) >= 11 is 9.81. The van der Waals surface area contributed by atoms with Crippen molar-refractivity contribution in [1.82, 2.24) is 9.78 Å². The molecule has 5 nitrogen and oxygen atoms in total. The van der Waals surface area contributed by atoms with E-state index < -0.39 is 0 Å². The van der Waals surface area contributed by atoms with E-state index >= 15 is 0 Å². The van der Waals surface area contributed by atoms with Gasteiger partial charge in [-0.05, 0) is 73.2 Å². The summed E-state index contributed by atoms with van der Waals surface area (Å²) in [6, 6.07) is 22.0. The maximum Gasteiger partial charge on any atom is 0.163 e. The number of aromatic nitrogens is 2. The van der Waals surface area contributed by atoms with Crippen molar-refractivity contribution < 1.29 is 4.74 Å². The molecule has 0 unspecified atom stereocenters. The van der Waals surface area contributed by atoms with Crippen LogP contribution < -0.4 is 9.64 Å². The minimum Gasteiger partial charge on any atom is -0.496 e. The van der Waals surface area contributed by atoms with Crippen molar-refractivity contribution in [3.63, 3.8) is 0 Å². The van der Waals surface area contributed by atoms with Crippen LogP contribution in [0.1, 0.15) is 28.4 Å². The molecule has 0 spiro atoms. The molecule has 168 valence electrons. The van der Waals surface area contributed by atoms with E-state index in [0.717, 1.165) is 55.6 Å². The third-order valence-corrected chi connectivity index (χ3v) is 6.99. The molecule has 2 aliphatic heterocycles. The molecule has 0 aliphatic carbocycles. The second kappa shape index (κ2) is 8.15. The van der Waals surface area contributed by atoms with Crippen molar-refractivity contribution in [1.29, 1.82) is 0 Å². The Morgan fingerprint density at radius 1 is 1.00 bits per heavy atom. The normalized spacial score (nSPS) is 15.9. The highest BCUT2D eigenvalue weighted by molar-refractivity contribution is 9.10. The number of anilines is 1. The topological polar surface area (TPSA) is 42.6 Å². The van der Waals surface area contributed by atoms with Gasteiger partial charge in [-0.2, -0.15) is 5.10 Å². The van der Waals surface area contributed by atoms with Crippen molar-refractivity contribution in [2.24, 2.45) is 4.99 Å². The zero-order valence-electron chi connectivity index (χ0n) is 18.5. The molecule has 7 heteroatoms. The van der Waals surface area contributed by atoms with Gasteiger partial charge in [0, 0.05) is 20.6 Å². The smallest absolute Gasteiger partial charge is 0.163 e. The summed E-state index contributed by atoms with van der Waals surface area (Å²) in [6.07, 6.45) is 4.18. The maximum absolute atomic E-state index is 6.15. The van der Waals surface area contributed by atoms with E-state index in [1.54, 1.807) is 7.11 Å². The number of hydrogen-bond acceptors (Lipinski definition) is 4. The van der Waals surface area contributed by atoms with Gasteiger partial charge in [0.2, 0.25) is 0 Å². The van der Waals surface area contributed by atoms with Gasteiger partial charge in [0.15, 0.2) is 5.82 Å². The lowest BCUT2D eigenvalue weighted by Crippen LogP contribution is -2.39. The highest BCUT2D eigenvalue weighted by atomic mass is 79.9. The van der Waals surface area contributed by atoms with E-state index in [0.29, 0.717) is 5.02 Å². The van der Waals surface area contributed by atoms with Gasteiger partial charge in [0.25, 0.3) is 0 Å². The van der Waals surface area contributed by atoms with E-state index in [1.165, 1.54) is 0 Å². The number of amidine groups is 1. The van der Waals surface area contributed by atoms with Crippen LogP contribution in [0.2, 0.25) is 5.02 Å². The minimum atomic E-state index is -0.179. The maximum atomic E-state index is 6.15. The van der Waals surface area contributed by atoms with Crippen LogP contribution in [-0.4, -0.2) is 22.7 Å². The van der Waals surface area contributed by atoms with Crippen molar-refractivity contribution >= 4 is 50.9 Å². The largest absolute Gasteiger partial charge is 0.496 e. The third kappa shape index (κ3) is 3.29. The molecule has 3 heterocycles. The van der Waals surface area contributed by atoms with Gasteiger partial charge >= 0.3 is 0 Å². The molecule has 0 radical (unpaired) electrons. The Bertz CT molecular complexity index is 1490. The van der Waals surface area contributed by atoms with Crippen LogP contribution in [0.15, 0.2) is 82.3 Å². The van der Waals surface area contributed by atoms with Crippen LogP contribution in [0.25, 0.3) is 11.8 Å². The number of para-hydroxylation sites is 1. The second-order valence-corrected chi connectivity index (χ2v) is 9.58. The van der Waals surface area contributed by atoms with Crippen molar-refractivity contribution in [3.8, 4) is 11.4 Å². The summed E-state index contributed by atoms with van der Waals surface area (Å²) in [5, 5.41) is 5.61. The highest BCUT2D eigenvalue weighted by Gasteiger charge is 2.39. The Morgan fingerprint density at radius 3 is 2.59 bits per heavy atom. The first kappa shape index (κ1) is 21.2. The van der Waals surface area contributed by atoms with Gasteiger partial charge in [0.05, 0.1) is 30.2 Å². The first-order valence-corrected chi connectivity index (χ1v) is 12.1. The van der Waals surface area contributed by atoms with Crippen LogP contribution >= 0.6 is 27.5 Å². The lowest BCUT2D eigenvalue weighted by molar-refractivity contribution is 0.407. The number of benzene rings is 3. The molecular formula is C27H20BrClN4O. The number of rotatable bonds is 3. The number of ether oxygens (including phenoxy) is 1. The standard InChI is InChI=1S/C27H20BrClN4O/c1-16-25-26(21-15-18(28)8-13-23(21)34-2)32-22-6-4-3-5-17(22)7-14-24(32)30-27(25)33(31-16)20-11-9-19(29)10-12-20/h3-15,26H,1-2H3/t26-/m0/s1. The number of aliphatic imine (C=N–C) groups is 1. The molecule has 1 aromatic heterocycles. The molecule has 0 N–H and O–H groups in total. The number of aryl methyl sites for hydroxylation is 1. The van der Waals surface area contributed by atoms with E-state index in [2.05, 4.69) is 63.3 Å². The first-order valence-electron chi connectivity index (χ1n) is 10.9. The van der Waals surface area contributed by atoms with Gasteiger partial charge in [-0.1, -0.05) is 45.7 Å². The predicted molar refractivity (Wildman–Crippen MR) is 141 cm³/mol. The molecule has 0 saturated carbocycles. The lowest BCUT2D eigenvalue weighted by Gasteiger charge is -2.39. The first-order chi connectivity index (χ1) is 16.5. The molecule has 1 atom stereocenters. The van der Waals surface area contributed by atoms with Crippen LogP contribution in [0.3, 0.4) is 0 Å². The molecule has 3 aromatic carbocycles. The van der Waals surface area contributed by atoms with Crippen molar-refractivity contribution in [3.05, 3.63) is 105 Å². The van der Waals surface area contributed by atoms with Gasteiger partial charge in [-0.3, -0.25) is 0 Å². The van der Waals surface area contributed by atoms with Crippen LogP contribution in [-0.2, 0) is 0 Å². The zero-order chi connectivity index (χ0) is 23.4. The minimum absolute atomic E-state index is 0.179. The molecule has 4 aromatic rings. The summed E-state index contributed by atoms with van der Waals surface area (Å²) in [5.41, 5.74) is 6.14. The molecule has 2 aliphatic rings. The average molecular weight is 532 g/mol. The second-order valence-electron chi connectivity index (χ2n) is 8.23. The van der Waals surface area contributed by atoms with Crippen LogP contribution in [0.5, 0.6) is 5.75 Å². The Morgan fingerprint density at radius 2 is 1.79 bits per heavy atom. The number of hydrogen-bond donors (Lipinski definition) is 0. The van der Waals surface area contributed by atoms with Gasteiger partial charge in [-0.15, -0.1) is 0 Å². The zero-order valence-corrected chi connectivity index (χ0v) is 20.9. The summed E-state index contributed by atoms with van der Waals surface area (Å²) in [4.78, 5) is 7.39. The summed E-state index contributed by atoms with van der Waals surface area (Å²) in [6.45, 7) is 2.04. The summed E-state index contributed by atoms with van der Waals surface area (Å²) in [5.74, 6) is 2.47. The molecule has 0 fully saturated rings. The van der Waals surface area contributed by atoms with Gasteiger partial charge < -0.3 is 9.64 Å². The SMILES string of the molecule is COc1ccc(Br)cc1[C@H]1c2c(C)nn(-c3ccc(Cl)cc3)c2N=C2C=Cc3ccccc3N21. The van der Waals surface area contributed by atoms with Gasteiger partial charge in [0.1, 0.15) is 11.6 Å². The monoisotopic (exact) mass is 530 g/mol. The average Bonchev–Trinajstić information content (AvgIpc) is 3.19. The number of halogens is 2. The molecule has 0 bridgehead atoms. The number of methoxy groups -OCH3 is 1. The molecule has 0 amide bonds.